The Labute approximate surface area is 108 Å². The SMILES string of the molecule is CN(C(=O)CN)[C@H]1CCN(C(=O)OC(C)(C)C)C1. The van der Waals surface area contributed by atoms with E-state index in [-0.39, 0.29) is 24.6 Å². The average Bonchev–Trinajstić information content (AvgIpc) is 2.73. The number of likely N-dealkylation sites (N-methyl/N-ethyl adjacent to an activating group) is 1. The second-order valence-electron chi connectivity index (χ2n) is 5.58. The number of hydrogen-bond donors (Lipinski definition) is 1. The Kier molecular flexibility index (Phi) is 4.56. The molecule has 0 aromatic carbocycles. The molecule has 2 amide bonds. The normalized spacial score (nSPS) is 19.8. The van der Waals surface area contributed by atoms with E-state index in [1.807, 2.05) is 20.8 Å². The summed E-state index contributed by atoms with van der Waals surface area (Å²) in [6.45, 7) is 6.63. The molecule has 104 valence electrons. The molecule has 1 aliphatic rings. The number of amides is 2. The molecule has 1 rings (SSSR count). The van der Waals surface area contributed by atoms with Gasteiger partial charge in [-0.25, -0.2) is 4.79 Å². The molecular formula is C12H23N3O3. The number of likely N-dealkylation sites (tertiary alicyclic amines) is 1. The topological polar surface area (TPSA) is 75.9 Å². The summed E-state index contributed by atoms with van der Waals surface area (Å²) in [5, 5.41) is 0. The van der Waals surface area contributed by atoms with Crippen LogP contribution in [-0.4, -0.2) is 60.1 Å². The average molecular weight is 257 g/mol. The third-order valence-electron chi connectivity index (χ3n) is 2.93. The van der Waals surface area contributed by atoms with E-state index in [2.05, 4.69) is 0 Å². The van der Waals surface area contributed by atoms with Crippen LogP contribution in [0.3, 0.4) is 0 Å². The van der Waals surface area contributed by atoms with Gasteiger partial charge in [0.25, 0.3) is 0 Å². The lowest BCUT2D eigenvalue weighted by Crippen LogP contribution is -2.43. The van der Waals surface area contributed by atoms with Crippen LogP contribution in [-0.2, 0) is 9.53 Å². The summed E-state index contributed by atoms with van der Waals surface area (Å²) in [6.07, 6.45) is 0.445. The van der Waals surface area contributed by atoms with Crippen molar-refractivity contribution in [3.8, 4) is 0 Å². The number of nitrogens with two attached hydrogens (primary N) is 1. The van der Waals surface area contributed by atoms with Gasteiger partial charge in [-0.2, -0.15) is 0 Å². The van der Waals surface area contributed by atoms with Gasteiger partial charge in [0, 0.05) is 20.1 Å². The number of carbonyl (C=O) groups excluding carboxylic acids is 2. The highest BCUT2D eigenvalue weighted by atomic mass is 16.6. The predicted octanol–water partition coefficient (Wildman–Crippen LogP) is 0.413. The molecule has 2 N–H and O–H groups in total. The van der Waals surface area contributed by atoms with Crippen LogP contribution in [0, 0.1) is 0 Å². The molecule has 0 aromatic heterocycles. The van der Waals surface area contributed by atoms with E-state index in [1.54, 1.807) is 16.8 Å². The number of nitrogens with zero attached hydrogens (tertiary/aromatic N) is 2. The van der Waals surface area contributed by atoms with Crippen molar-refractivity contribution >= 4 is 12.0 Å². The van der Waals surface area contributed by atoms with Crippen molar-refractivity contribution in [1.29, 1.82) is 0 Å². The molecular weight excluding hydrogens is 234 g/mol. The Morgan fingerprint density at radius 3 is 2.56 bits per heavy atom. The molecule has 1 atom stereocenters. The van der Waals surface area contributed by atoms with Crippen molar-refractivity contribution in [2.75, 3.05) is 26.7 Å². The van der Waals surface area contributed by atoms with Crippen LogP contribution in [0.1, 0.15) is 27.2 Å². The van der Waals surface area contributed by atoms with Crippen LogP contribution < -0.4 is 5.73 Å². The van der Waals surface area contributed by atoms with E-state index in [0.717, 1.165) is 6.42 Å². The Bertz CT molecular complexity index is 325. The first kappa shape index (κ1) is 14.8. The maximum absolute atomic E-state index is 11.8. The Morgan fingerprint density at radius 1 is 1.44 bits per heavy atom. The minimum Gasteiger partial charge on any atom is -0.444 e. The fourth-order valence-electron chi connectivity index (χ4n) is 1.90. The lowest BCUT2D eigenvalue weighted by molar-refractivity contribution is -0.130. The molecule has 1 saturated heterocycles. The molecule has 0 spiro atoms. The Balaban J connectivity index is 2.51. The number of rotatable bonds is 2. The van der Waals surface area contributed by atoms with Crippen LogP contribution in [0.4, 0.5) is 4.79 Å². The molecule has 0 unspecified atom stereocenters. The third-order valence-corrected chi connectivity index (χ3v) is 2.93. The maximum atomic E-state index is 11.8. The van der Waals surface area contributed by atoms with Crippen molar-refractivity contribution in [1.82, 2.24) is 9.80 Å². The van der Waals surface area contributed by atoms with Crippen LogP contribution in [0.5, 0.6) is 0 Å². The molecule has 1 aliphatic heterocycles. The Morgan fingerprint density at radius 2 is 2.06 bits per heavy atom. The van der Waals surface area contributed by atoms with Gasteiger partial charge in [0.15, 0.2) is 0 Å². The lowest BCUT2D eigenvalue weighted by atomic mass is 10.2. The van der Waals surface area contributed by atoms with Crippen molar-refractivity contribution in [2.45, 2.75) is 38.8 Å². The van der Waals surface area contributed by atoms with Crippen LogP contribution >= 0.6 is 0 Å². The van der Waals surface area contributed by atoms with Gasteiger partial charge in [0.1, 0.15) is 5.60 Å². The second-order valence-corrected chi connectivity index (χ2v) is 5.58. The Hall–Kier alpha value is -1.30. The lowest BCUT2D eigenvalue weighted by Gasteiger charge is -2.26. The summed E-state index contributed by atoms with van der Waals surface area (Å²) >= 11 is 0. The molecule has 1 heterocycles. The van der Waals surface area contributed by atoms with Gasteiger partial charge in [-0.3, -0.25) is 4.79 Å². The van der Waals surface area contributed by atoms with E-state index in [1.165, 1.54) is 0 Å². The molecule has 6 nitrogen and oxygen atoms in total. The first-order valence-electron chi connectivity index (χ1n) is 6.18. The zero-order chi connectivity index (χ0) is 13.9. The first-order valence-corrected chi connectivity index (χ1v) is 6.18. The highest BCUT2D eigenvalue weighted by Crippen LogP contribution is 2.18. The van der Waals surface area contributed by atoms with Gasteiger partial charge in [0.05, 0.1) is 12.6 Å². The van der Waals surface area contributed by atoms with Gasteiger partial charge in [-0.05, 0) is 27.2 Å². The van der Waals surface area contributed by atoms with Crippen molar-refractivity contribution in [2.24, 2.45) is 5.73 Å². The standard InChI is InChI=1S/C12H23N3O3/c1-12(2,3)18-11(17)15-6-5-9(8-15)14(4)10(16)7-13/h9H,5-8,13H2,1-4H3/t9-/m0/s1. The summed E-state index contributed by atoms with van der Waals surface area (Å²) in [5.74, 6) is -0.106. The van der Waals surface area contributed by atoms with E-state index < -0.39 is 5.60 Å². The molecule has 6 heteroatoms. The largest absolute Gasteiger partial charge is 0.444 e. The summed E-state index contributed by atoms with van der Waals surface area (Å²) < 4.78 is 5.30. The summed E-state index contributed by atoms with van der Waals surface area (Å²) in [5.41, 5.74) is 4.83. The monoisotopic (exact) mass is 257 g/mol. The third kappa shape index (κ3) is 3.87. The molecule has 18 heavy (non-hydrogen) atoms. The minimum atomic E-state index is -0.492. The maximum Gasteiger partial charge on any atom is 0.410 e. The molecule has 0 radical (unpaired) electrons. The van der Waals surface area contributed by atoms with Gasteiger partial charge in [-0.1, -0.05) is 0 Å². The molecule has 0 aliphatic carbocycles. The predicted molar refractivity (Wildman–Crippen MR) is 68.0 cm³/mol. The summed E-state index contributed by atoms with van der Waals surface area (Å²) in [4.78, 5) is 26.6. The van der Waals surface area contributed by atoms with E-state index in [0.29, 0.717) is 13.1 Å². The van der Waals surface area contributed by atoms with E-state index in [9.17, 15) is 9.59 Å². The molecule has 1 fully saturated rings. The van der Waals surface area contributed by atoms with Crippen molar-refractivity contribution in [3.05, 3.63) is 0 Å². The molecule has 0 saturated carbocycles. The highest BCUT2D eigenvalue weighted by molar-refractivity contribution is 5.78. The van der Waals surface area contributed by atoms with Gasteiger partial charge in [-0.15, -0.1) is 0 Å². The van der Waals surface area contributed by atoms with Crippen molar-refractivity contribution in [3.63, 3.8) is 0 Å². The highest BCUT2D eigenvalue weighted by Gasteiger charge is 2.32. The van der Waals surface area contributed by atoms with Crippen LogP contribution in [0.25, 0.3) is 0 Å². The molecule has 0 aromatic rings. The van der Waals surface area contributed by atoms with E-state index in [4.69, 9.17) is 10.5 Å². The summed E-state index contributed by atoms with van der Waals surface area (Å²) in [6, 6.07) is 0.0357. The number of carbonyl (C=O) groups is 2. The second kappa shape index (κ2) is 5.56. The minimum absolute atomic E-state index is 0.000558. The fourth-order valence-corrected chi connectivity index (χ4v) is 1.90. The van der Waals surface area contributed by atoms with Gasteiger partial charge < -0.3 is 20.3 Å². The zero-order valence-electron chi connectivity index (χ0n) is 11.6. The zero-order valence-corrected chi connectivity index (χ0v) is 11.6. The van der Waals surface area contributed by atoms with Crippen LogP contribution in [0.15, 0.2) is 0 Å². The molecule has 0 bridgehead atoms. The number of ether oxygens (including phenoxy) is 1. The quantitative estimate of drug-likeness (QED) is 0.777. The van der Waals surface area contributed by atoms with Crippen LogP contribution in [0.2, 0.25) is 0 Å². The summed E-state index contributed by atoms with van der Waals surface area (Å²) in [7, 11) is 1.72. The van der Waals surface area contributed by atoms with Gasteiger partial charge in [0.2, 0.25) is 5.91 Å². The van der Waals surface area contributed by atoms with Crippen molar-refractivity contribution < 1.29 is 14.3 Å². The number of hydrogen-bond acceptors (Lipinski definition) is 4. The van der Waals surface area contributed by atoms with Gasteiger partial charge >= 0.3 is 6.09 Å². The smallest absolute Gasteiger partial charge is 0.410 e. The first-order chi connectivity index (χ1) is 8.24. The van der Waals surface area contributed by atoms with E-state index >= 15 is 0 Å². The fraction of sp³-hybridized carbons (Fsp3) is 0.833.